The van der Waals surface area contributed by atoms with Gasteiger partial charge < -0.3 is 19.2 Å². The molecule has 0 unspecified atom stereocenters. The third-order valence-corrected chi connectivity index (χ3v) is 6.04. The van der Waals surface area contributed by atoms with E-state index in [2.05, 4.69) is 10.2 Å². The number of phenolic OH excluding ortho intramolecular Hbond substituents is 1. The lowest BCUT2D eigenvalue weighted by molar-refractivity contribution is -0.122. The fourth-order valence-electron chi connectivity index (χ4n) is 3.22. The van der Waals surface area contributed by atoms with Gasteiger partial charge in [-0.3, -0.25) is 9.69 Å². The summed E-state index contributed by atoms with van der Waals surface area (Å²) in [5.74, 6) is 0.858. The fraction of sp³-hybridized carbons (Fsp3) is 0.160. The van der Waals surface area contributed by atoms with Crippen LogP contribution >= 0.6 is 11.8 Å². The highest BCUT2D eigenvalue weighted by molar-refractivity contribution is 8.18. The van der Waals surface area contributed by atoms with Crippen LogP contribution in [0.15, 0.2) is 80.4 Å². The van der Waals surface area contributed by atoms with Crippen molar-refractivity contribution in [1.82, 2.24) is 4.90 Å². The molecule has 1 saturated heterocycles. The standard InChI is InChI=1S/C25H24N4O4S/c1-28(2)19-9-6-17(7-10-19)14-23-24(31)29(16-20-5-4-12-33-20)25(34-23)27-26-15-18-8-11-21(30)22(13-18)32-3/h4-15,30H,16H2,1-3H3/b23-14-,26-15-,27-25+. The number of amides is 1. The number of aromatic hydroxyl groups is 1. The molecule has 0 bridgehead atoms. The predicted molar refractivity (Wildman–Crippen MR) is 135 cm³/mol. The van der Waals surface area contributed by atoms with Gasteiger partial charge in [0.25, 0.3) is 5.91 Å². The van der Waals surface area contributed by atoms with Crippen LogP contribution in [0.1, 0.15) is 16.9 Å². The highest BCUT2D eigenvalue weighted by atomic mass is 32.2. The summed E-state index contributed by atoms with van der Waals surface area (Å²) in [7, 11) is 5.44. The molecule has 1 aromatic heterocycles. The van der Waals surface area contributed by atoms with E-state index >= 15 is 0 Å². The van der Waals surface area contributed by atoms with E-state index in [-0.39, 0.29) is 18.2 Å². The van der Waals surface area contributed by atoms with Gasteiger partial charge in [0.05, 0.1) is 31.0 Å². The topological polar surface area (TPSA) is 90.9 Å². The second-order valence-corrected chi connectivity index (χ2v) is 8.63. The van der Waals surface area contributed by atoms with E-state index in [1.54, 1.807) is 24.5 Å². The minimum Gasteiger partial charge on any atom is -0.504 e. The van der Waals surface area contributed by atoms with Crippen molar-refractivity contribution in [3.63, 3.8) is 0 Å². The van der Waals surface area contributed by atoms with E-state index in [9.17, 15) is 9.90 Å². The lowest BCUT2D eigenvalue weighted by Crippen LogP contribution is -2.28. The Morgan fingerprint density at radius 2 is 1.91 bits per heavy atom. The average Bonchev–Trinajstić information content (AvgIpc) is 3.45. The van der Waals surface area contributed by atoms with Crippen LogP contribution in [0.4, 0.5) is 5.69 Å². The molecular weight excluding hydrogens is 452 g/mol. The van der Waals surface area contributed by atoms with E-state index in [1.165, 1.54) is 36.1 Å². The predicted octanol–water partition coefficient (Wildman–Crippen LogP) is 4.57. The maximum absolute atomic E-state index is 13.2. The number of ether oxygens (including phenoxy) is 1. The molecular formula is C25H24N4O4S. The van der Waals surface area contributed by atoms with E-state index in [1.807, 2.05) is 55.4 Å². The zero-order chi connectivity index (χ0) is 24.1. The molecule has 4 rings (SSSR count). The molecule has 0 aliphatic carbocycles. The van der Waals surface area contributed by atoms with Gasteiger partial charge in [0.15, 0.2) is 16.7 Å². The van der Waals surface area contributed by atoms with Crippen LogP contribution in [0.2, 0.25) is 0 Å². The summed E-state index contributed by atoms with van der Waals surface area (Å²) < 4.78 is 10.6. The van der Waals surface area contributed by atoms with Crippen molar-refractivity contribution in [1.29, 1.82) is 0 Å². The first kappa shape index (κ1) is 23.2. The number of hydrogen-bond donors (Lipinski definition) is 1. The molecule has 0 atom stereocenters. The number of carbonyl (C=O) groups excluding carboxylic acids is 1. The number of methoxy groups -OCH3 is 1. The molecule has 0 radical (unpaired) electrons. The Morgan fingerprint density at radius 3 is 2.59 bits per heavy atom. The molecule has 1 aliphatic rings. The minimum absolute atomic E-state index is 0.0425. The number of benzene rings is 2. The third-order valence-electron chi connectivity index (χ3n) is 5.04. The number of carbonyl (C=O) groups is 1. The molecule has 3 aromatic rings. The number of rotatable bonds is 7. The van der Waals surface area contributed by atoms with Crippen LogP contribution in [0, 0.1) is 0 Å². The monoisotopic (exact) mass is 476 g/mol. The number of amidine groups is 1. The van der Waals surface area contributed by atoms with Gasteiger partial charge in [-0.05, 0) is 71.4 Å². The Bertz CT molecular complexity index is 1250. The summed E-state index contributed by atoms with van der Waals surface area (Å²) in [5, 5.41) is 18.7. The normalized spacial score (nSPS) is 16.2. The summed E-state index contributed by atoms with van der Waals surface area (Å²) in [6.07, 6.45) is 4.95. The molecule has 1 amide bonds. The largest absolute Gasteiger partial charge is 0.504 e. The maximum Gasteiger partial charge on any atom is 0.267 e. The Labute approximate surface area is 201 Å². The van der Waals surface area contributed by atoms with Crippen LogP contribution in [-0.4, -0.2) is 48.5 Å². The first-order chi connectivity index (χ1) is 16.4. The Hall–Kier alpha value is -3.98. The summed E-state index contributed by atoms with van der Waals surface area (Å²) in [4.78, 5) is 17.3. The molecule has 174 valence electrons. The van der Waals surface area contributed by atoms with E-state index < -0.39 is 0 Å². The van der Waals surface area contributed by atoms with Crippen molar-refractivity contribution in [3.05, 3.63) is 82.7 Å². The zero-order valence-corrected chi connectivity index (χ0v) is 19.8. The van der Waals surface area contributed by atoms with Crippen molar-refractivity contribution in [2.75, 3.05) is 26.1 Å². The van der Waals surface area contributed by atoms with Crippen LogP contribution < -0.4 is 9.64 Å². The highest BCUT2D eigenvalue weighted by Crippen LogP contribution is 2.34. The van der Waals surface area contributed by atoms with Crippen molar-refractivity contribution in [2.45, 2.75) is 6.54 Å². The first-order valence-electron chi connectivity index (χ1n) is 10.4. The lowest BCUT2D eigenvalue weighted by Gasteiger charge is -2.12. The Kier molecular flexibility index (Phi) is 7.03. The van der Waals surface area contributed by atoms with E-state index in [0.717, 1.165) is 11.3 Å². The number of hydrogen-bond acceptors (Lipinski definition) is 8. The molecule has 0 saturated carbocycles. The molecule has 0 spiro atoms. The molecule has 34 heavy (non-hydrogen) atoms. The van der Waals surface area contributed by atoms with Crippen LogP contribution in [-0.2, 0) is 11.3 Å². The number of phenols is 1. The van der Waals surface area contributed by atoms with Crippen molar-refractivity contribution < 1.29 is 19.1 Å². The van der Waals surface area contributed by atoms with Crippen molar-refractivity contribution >= 4 is 40.8 Å². The smallest absolute Gasteiger partial charge is 0.267 e. The van der Waals surface area contributed by atoms with Gasteiger partial charge in [0.2, 0.25) is 0 Å². The summed E-state index contributed by atoms with van der Waals surface area (Å²) in [5.41, 5.74) is 2.69. The maximum atomic E-state index is 13.2. The molecule has 9 heteroatoms. The molecule has 8 nitrogen and oxygen atoms in total. The average molecular weight is 477 g/mol. The quantitative estimate of drug-likeness (QED) is 0.305. The Balaban J connectivity index is 1.60. The SMILES string of the molecule is COc1cc(/C=N\N=C2\S/C(=C\c3ccc(N(C)C)cc3)C(=O)N2Cc2ccco2)ccc1O. The second kappa shape index (κ2) is 10.3. The summed E-state index contributed by atoms with van der Waals surface area (Å²) in [6, 6.07) is 16.4. The lowest BCUT2D eigenvalue weighted by atomic mass is 10.2. The number of thioether (sulfide) groups is 1. The second-order valence-electron chi connectivity index (χ2n) is 7.63. The van der Waals surface area contributed by atoms with Crippen molar-refractivity contribution in [3.8, 4) is 11.5 Å². The van der Waals surface area contributed by atoms with Gasteiger partial charge in [0, 0.05) is 19.8 Å². The van der Waals surface area contributed by atoms with Gasteiger partial charge in [-0.2, -0.15) is 5.10 Å². The molecule has 1 aliphatic heterocycles. The first-order valence-corrected chi connectivity index (χ1v) is 11.3. The minimum atomic E-state index is -0.168. The van der Waals surface area contributed by atoms with E-state index in [0.29, 0.717) is 27.1 Å². The molecule has 2 heterocycles. The van der Waals surface area contributed by atoms with Crippen LogP contribution in [0.25, 0.3) is 6.08 Å². The third kappa shape index (κ3) is 5.32. The van der Waals surface area contributed by atoms with Crippen molar-refractivity contribution in [2.24, 2.45) is 10.2 Å². The number of furan rings is 1. The van der Waals surface area contributed by atoms with Gasteiger partial charge >= 0.3 is 0 Å². The summed E-state index contributed by atoms with van der Waals surface area (Å²) in [6.45, 7) is 0.247. The van der Waals surface area contributed by atoms with Crippen LogP contribution in [0.3, 0.4) is 0 Å². The Morgan fingerprint density at radius 1 is 1.15 bits per heavy atom. The highest BCUT2D eigenvalue weighted by Gasteiger charge is 2.34. The van der Waals surface area contributed by atoms with E-state index in [4.69, 9.17) is 9.15 Å². The number of anilines is 1. The summed E-state index contributed by atoms with van der Waals surface area (Å²) >= 11 is 1.26. The molecule has 2 aromatic carbocycles. The molecule has 1 fully saturated rings. The zero-order valence-electron chi connectivity index (χ0n) is 19.0. The van der Waals surface area contributed by atoms with Crippen LogP contribution in [0.5, 0.6) is 11.5 Å². The van der Waals surface area contributed by atoms with Gasteiger partial charge in [-0.1, -0.05) is 12.1 Å². The van der Waals surface area contributed by atoms with Gasteiger partial charge in [-0.25, -0.2) is 0 Å². The molecule has 1 N–H and O–H groups in total. The van der Waals surface area contributed by atoms with Gasteiger partial charge in [-0.15, -0.1) is 5.10 Å². The fourth-order valence-corrected chi connectivity index (χ4v) is 4.15. The van der Waals surface area contributed by atoms with Gasteiger partial charge in [0.1, 0.15) is 5.76 Å². The number of nitrogens with zero attached hydrogens (tertiary/aromatic N) is 4.